The molecule has 0 amide bonds. The summed E-state index contributed by atoms with van der Waals surface area (Å²) in [6.07, 6.45) is 1.43. The molecule has 0 N–H and O–H groups in total. The van der Waals surface area contributed by atoms with Crippen LogP contribution < -0.4 is 0 Å². The molecule has 0 fully saturated rings. The van der Waals surface area contributed by atoms with E-state index in [0.717, 1.165) is 6.42 Å². The van der Waals surface area contributed by atoms with Crippen molar-refractivity contribution in [1.29, 1.82) is 0 Å². The lowest BCUT2D eigenvalue weighted by atomic mass is 10.1. The van der Waals surface area contributed by atoms with E-state index in [4.69, 9.17) is 23.2 Å². The van der Waals surface area contributed by atoms with Gasteiger partial charge in [0.05, 0.1) is 5.02 Å². The molecule has 3 heteroatoms. The van der Waals surface area contributed by atoms with Crippen molar-refractivity contribution < 1.29 is 4.39 Å². The van der Waals surface area contributed by atoms with Gasteiger partial charge < -0.3 is 0 Å². The van der Waals surface area contributed by atoms with Crippen molar-refractivity contribution in [2.24, 2.45) is 0 Å². The molecule has 12 heavy (non-hydrogen) atoms. The molecule has 1 rings (SSSR count). The molecular formula is C9H9Cl2F. The molecule has 0 aliphatic heterocycles. The van der Waals surface area contributed by atoms with Gasteiger partial charge in [-0.1, -0.05) is 23.7 Å². The van der Waals surface area contributed by atoms with E-state index < -0.39 is 0 Å². The predicted octanol–water partition coefficient (Wildman–Crippen LogP) is 3.65. The first kappa shape index (κ1) is 9.82. The first-order valence-corrected chi connectivity index (χ1v) is 4.66. The second kappa shape index (κ2) is 4.68. The minimum absolute atomic E-state index is 0.182. The van der Waals surface area contributed by atoms with Crippen molar-refractivity contribution in [1.82, 2.24) is 0 Å². The third-order valence-corrected chi connectivity index (χ3v) is 2.17. The van der Waals surface area contributed by atoms with Gasteiger partial charge in [-0.25, -0.2) is 4.39 Å². The van der Waals surface area contributed by atoms with Crippen molar-refractivity contribution >= 4 is 23.2 Å². The zero-order chi connectivity index (χ0) is 8.97. The maximum Gasteiger partial charge on any atom is 0.144 e. The van der Waals surface area contributed by atoms with Gasteiger partial charge >= 0.3 is 0 Å². The van der Waals surface area contributed by atoms with Crippen molar-refractivity contribution in [3.63, 3.8) is 0 Å². The molecule has 0 radical (unpaired) electrons. The average molecular weight is 207 g/mol. The number of alkyl halides is 1. The Morgan fingerprint density at radius 1 is 1.33 bits per heavy atom. The van der Waals surface area contributed by atoms with E-state index in [1.807, 2.05) is 0 Å². The SMILES string of the molecule is Fc1c(Cl)cccc1CCCCl. The van der Waals surface area contributed by atoms with Crippen LogP contribution in [0.5, 0.6) is 0 Å². The van der Waals surface area contributed by atoms with E-state index >= 15 is 0 Å². The van der Waals surface area contributed by atoms with Gasteiger partial charge in [0.25, 0.3) is 0 Å². The van der Waals surface area contributed by atoms with Crippen LogP contribution >= 0.6 is 23.2 Å². The zero-order valence-corrected chi connectivity index (χ0v) is 8.00. The lowest BCUT2D eigenvalue weighted by Crippen LogP contribution is -1.91. The Morgan fingerprint density at radius 2 is 2.08 bits per heavy atom. The summed E-state index contributed by atoms with van der Waals surface area (Å²) in [6.45, 7) is 0. The fourth-order valence-corrected chi connectivity index (χ4v) is 1.33. The van der Waals surface area contributed by atoms with E-state index in [1.54, 1.807) is 18.2 Å². The fraction of sp³-hybridized carbons (Fsp3) is 0.333. The Balaban J connectivity index is 2.78. The Hall–Kier alpha value is -0.270. The van der Waals surface area contributed by atoms with E-state index in [0.29, 0.717) is 17.9 Å². The number of rotatable bonds is 3. The van der Waals surface area contributed by atoms with E-state index in [2.05, 4.69) is 0 Å². The second-order valence-corrected chi connectivity index (χ2v) is 3.29. The highest BCUT2D eigenvalue weighted by Crippen LogP contribution is 2.18. The smallest absolute Gasteiger partial charge is 0.144 e. The Kier molecular flexibility index (Phi) is 3.83. The standard InChI is InChI=1S/C9H9Cl2F/c10-6-2-4-7-3-1-5-8(11)9(7)12/h1,3,5H,2,4,6H2. The van der Waals surface area contributed by atoms with Crippen molar-refractivity contribution in [3.05, 3.63) is 34.6 Å². The van der Waals surface area contributed by atoms with E-state index in [1.165, 1.54) is 0 Å². The van der Waals surface area contributed by atoms with Gasteiger partial charge in [0, 0.05) is 5.88 Å². The number of hydrogen-bond acceptors (Lipinski definition) is 0. The van der Waals surface area contributed by atoms with Crippen LogP contribution in [-0.2, 0) is 6.42 Å². The van der Waals surface area contributed by atoms with E-state index in [9.17, 15) is 4.39 Å². The summed E-state index contributed by atoms with van der Waals surface area (Å²) in [6, 6.07) is 5.02. The number of benzene rings is 1. The second-order valence-electron chi connectivity index (χ2n) is 2.51. The minimum Gasteiger partial charge on any atom is -0.205 e. The lowest BCUT2D eigenvalue weighted by Gasteiger charge is -2.01. The highest BCUT2D eigenvalue weighted by atomic mass is 35.5. The van der Waals surface area contributed by atoms with Gasteiger partial charge in [-0.05, 0) is 24.5 Å². The number of aryl methyl sites for hydroxylation is 1. The van der Waals surface area contributed by atoms with Crippen molar-refractivity contribution in [2.45, 2.75) is 12.8 Å². The zero-order valence-electron chi connectivity index (χ0n) is 6.49. The van der Waals surface area contributed by atoms with Gasteiger partial charge in [0.1, 0.15) is 5.82 Å². The van der Waals surface area contributed by atoms with Crippen LogP contribution in [0.2, 0.25) is 5.02 Å². The fourth-order valence-electron chi connectivity index (χ4n) is 0.999. The normalized spacial score (nSPS) is 10.2. The highest BCUT2D eigenvalue weighted by Gasteiger charge is 2.04. The Bertz CT molecular complexity index is 261. The van der Waals surface area contributed by atoms with Gasteiger partial charge in [-0.3, -0.25) is 0 Å². The van der Waals surface area contributed by atoms with Gasteiger partial charge in [-0.2, -0.15) is 0 Å². The van der Waals surface area contributed by atoms with E-state index in [-0.39, 0.29) is 10.8 Å². The summed E-state index contributed by atoms with van der Waals surface area (Å²) >= 11 is 11.1. The summed E-state index contributed by atoms with van der Waals surface area (Å²) in [5.74, 6) is 0.232. The molecule has 0 aliphatic carbocycles. The molecule has 0 aliphatic rings. The molecule has 1 aromatic rings. The number of halogens is 3. The maximum absolute atomic E-state index is 13.1. The Morgan fingerprint density at radius 3 is 2.75 bits per heavy atom. The Labute approximate surface area is 81.3 Å². The quantitative estimate of drug-likeness (QED) is 0.663. The highest BCUT2D eigenvalue weighted by molar-refractivity contribution is 6.30. The van der Waals surface area contributed by atoms with Crippen LogP contribution in [0.1, 0.15) is 12.0 Å². The first-order valence-electron chi connectivity index (χ1n) is 3.74. The molecule has 66 valence electrons. The van der Waals surface area contributed by atoms with Gasteiger partial charge in [-0.15, -0.1) is 11.6 Å². The summed E-state index contributed by atoms with van der Waals surface area (Å²) < 4.78 is 13.1. The van der Waals surface area contributed by atoms with Crippen LogP contribution in [0.3, 0.4) is 0 Å². The van der Waals surface area contributed by atoms with Gasteiger partial charge in [0.2, 0.25) is 0 Å². The third-order valence-electron chi connectivity index (χ3n) is 1.61. The molecule has 0 heterocycles. The molecule has 0 aromatic heterocycles. The largest absolute Gasteiger partial charge is 0.205 e. The molecule has 0 bridgehead atoms. The molecule has 0 saturated heterocycles. The van der Waals surface area contributed by atoms with Crippen molar-refractivity contribution in [2.75, 3.05) is 5.88 Å². The van der Waals surface area contributed by atoms with Crippen molar-refractivity contribution in [3.8, 4) is 0 Å². The van der Waals surface area contributed by atoms with Gasteiger partial charge in [0.15, 0.2) is 0 Å². The first-order chi connectivity index (χ1) is 5.75. The van der Waals surface area contributed by atoms with Crippen LogP contribution in [-0.4, -0.2) is 5.88 Å². The summed E-state index contributed by atoms with van der Waals surface area (Å²) in [4.78, 5) is 0. The monoisotopic (exact) mass is 206 g/mol. The average Bonchev–Trinajstić information content (AvgIpc) is 2.08. The maximum atomic E-state index is 13.1. The van der Waals surface area contributed by atoms with Crippen LogP contribution in [0.25, 0.3) is 0 Å². The molecule has 0 nitrogen and oxygen atoms in total. The molecular weight excluding hydrogens is 198 g/mol. The minimum atomic E-state index is -0.315. The summed E-state index contributed by atoms with van der Waals surface area (Å²) in [5, 5.41) is 0.182. The third kappa shape index (κ3) is 2.36. The van der Waals surface area contributed by atoms with Crippen LogP contribution in [0, 0.1) is 5.82 Å². The molecule has 0 spiro atoms. The number of hydrogen-bond donors (Lipinski definition) is 0. The molecule has 0 unspecified atom stereocenters. The summed E-state index contributed by atoms with van der Waals surface area (Å²) in [7, 11) is 0. The lowest BCUT2D eigenvalue weighted by molar-refractivity contribution is 0.608. The van der Waals surface area contributed by atoms with Crippen LogP contribution in [0.15, 0.2) is 18.2 Å². The predicted molar refractivity (Wildman–Crippen MR) is 50.5 cm³/mol. The molecule has 0 atom stereocenters. The molecule has 1 aromatic carbocycles. The topological polar surface area (TPSA) is 0 Å². The van der Waals surface area contributed by atoms with Crippen LogP contribution in [0.4, 0.5) is 4.39 Å². The molecule has 0 saturated carbocycles. The summed E-state index contributed by atoms with van der Waals surface area (Å²) in [5.41, 5.74) is 0.642.